The van der Waals surface area contributed by atoms with Crippen molar-refractivity contribution >= 4 is 35.6 Å². The fourth-order valence-electron chi connectivity index (χ4n) is 2.14. The highest BCUT2D eigenvalue weighted by Crippen LogP contribution is 2.15. The highest BCUT2D eigenvalue weighted by molar-refractivity contribution is 6.30. The van der Waals surface area contributed by atoms with Gasteiger partial charge in [0.25, 0.3) is 0 Å². The summed E-state index contributed by atoms with van der Waals surface area (Å²) in [5.74, 6) is -0.00772. The van der Waals surface area contributed by atoms with Gasteiger partial charge in [-0.05, 0) is 38.2 Å². The van der Waals surface area contributed by atoms with E-state index in [0.717, 1.165) is 25.2 Å². The molecule has 1 amide bonds. The summed E-state index contributed by atoms with van der Waals surface area (Å²) in [5, 5.41) is 6.77. The van der Waals surface area contributed by atoms with Gasteiger partial charge in [0.05, 0.1) is 6.54 Å². The summed E-state index contributed by atoms with van der Waals surface area (Å²) in [7, 11) is 1.98. The van der Waals surface area contributed by atoms with Crippen LogP contribution in [-0.2, 0) is 4.79 Å². The fourth-order valence-corrected chi connectivity index (χ4v) is 2.33. The van der Waals surface area contributed by atoms with E-state index in [-0.39, 0.29) is 18.3 Å². The zero-order valence-corrected chi connectivity index (χ0v) is 12.4. The fraction of sp³-hybridized carbons (Fsp3) is 0.462. The maximum atomic E-state index is 11.9. The van der Waals surface area contributed by atoms with E-state index in [1.807, 2.05) is 19.2 Å². The van der Waals surface area contributed by atoms with Gasteiger partial charge in [-0.15, -0.1) is 12.4 Å². The maximum Gasteiger partial charge on any atom is 0.238 e. The molecule has 1 heterocycles. The molecule has 1 aromatic carbocycles. The predicted molar refractivity (Wildman–Crippen MR) is 81.2 cm³/mol. The van der Waals surface area contributed by atoms with Crippen molar-refractivity contribution in [2.24, 2.45) is 0 Å². The molecule has 6 heteroatoms. The molecule has 1 aliphatic heterocycles. The van der Waals surface area contributed by atoms with Crippen LogP contribution in [0.5, 0.6) is 0 Å². The Morgan fingerprint density at radius 2 is 2.37 bits per heavy atom. The zero-order valence-electron chi connectivity index (χ0n) is 10.9. The molecule has 1 fully saturated rings. The molecule has 2 rings (SSSR count). The van der Waals surface area contributed by atoms with Crippen LogP contribution in [0, 0.1) is 0 Å². The molecule has 0 radical (unpaired) electrons. The largest absolute Gasteiger partial charge is 0.325 e. The first-order chi connectivity index (χ1) is 8.65. The number of halogens is 2. The van der Waals surface area contributed by atoms with E-state index in [2.05, 4.69) is 15.5 Å². The minimum absolute atomic E-state index is 0. The molecule has 0 aromatic heterocycles. The number of rotatable bonds is 4. The topological polar surface area (TPSA) is 44.4 Å². The third kappa shape index (κ3) is 4.99. The molecule has 1 unspecified atom stereocenters. The van der Waals surface area contributed by atoms with E-state index in [1.165, 1.54) is 0 Å². The molecule has 1 saturated heterocycles. The van der Waals surface area contributed by atoms with Crippen molar-refractivity contribution in [1.82, 2.24) is 10.2 Å². The average molecular weight is 304 g/mol. The first-order valence-corrected chi connectivity index (χ1v) is 6.49. The van der Waals surface area contributed by atoms with Crippen molar-refractivity contribution in [2.75, 3.05) is 32.0 Å². The zero-order chi connectivity index (χ0) is 13.0. The lowest BCUT2D eigenvalue weighted by atomic mass is 10.2. The van der Waals surface area contributed by atoms with Crippen molar-refractivity contribution in [2.45, 2.75) is 12.5 Å². The summed E-state index contributed by atoms with van der Waals surface area (Å²) in [6, 6.07) is 7.64. The van der Waals surface area contributed by atoms with Gasteiger partial charge in [-0.1, -0.05) is 17.7 Å². The van der Waals surface area contributed by atoms with Crippen LogP contribution in [-0.4, -0.2) is 43.5 Å². The van der Waals surface area contributed by atoms with Crippen molar-refractivity contribution in [3.63, 3.8) is 0 Å². The number of hydrogen-bond acceptors (Lipinski definition) is 3. The van der Waals surface area contributed by atoms with Crippen LogP contribution in [0.4, 0.5) is 5.69 Å². The number of nitrogens with one attached hydrogen (secondary N) is 2. The molecule has 1 atom stereocenters. The Labute approximate surface area is 124 Å². The van der Waals surface area contributed by atoms with Gasteiger partial charge < -0.3 is 10.6 Å². The molecular formula is C13H19Cl2N3O. The molecule has 106 valence electrons. The lowest BCUT2D eigenvalue weighted by molar-refractivity contribution is -0.117. The summed E-state index contributed by atoms with van der Waals surface area (Å²) >= 11 is 5.87. The van der Waals surface area contributed by atoms with Gasteiger partial charge in [0.15, 0.2) is 0 Å². The van der Waals surface area contributed by atoms with Crippen molar-refractivity contribution in [1.29, 1.82) is 0 Å². The van der Waals surface area contributed by atoms with Crippen molar-refractivity contribution in [3.05, 3.63) is 29.3 Å². The summed E-state index contributed by atoms with van der Waals surface area (Å²) in [5.41, 5.74) is 0.741. The minimum Gasteiger partial charge on any atom is -0.325 e. The Morgan fingerprint density at radius 1 is 1.58 bits per heavy atom. The number of amides is 1. The first kappa shape index (κ1) is 16.2. The average Bonchev–Trinajstić information content (AvgIpc) is 2.81. The van der Waals surface area contributed by atoms with Crippen LogP contribution in [0.3, 0.4) is 0 Å². The Morgan fingerprint density at radius 3 is 3.00 bits per heavy atom. The van der Waals surface area contributed by atoms with Gasteiger partial charge in [-0.25, -0.2) is 0 Å². The monoisotopic (exact) mass is 303 g/mol. The van der Waals surface area contributed by atoms with E-state index >= 15 is 0 Å². The summed E-state index contributed by atoms with van der Waals surface area (Å²) in [4.78, 5) is 14.0. The van der Waals surface area contributed by atoms with Gasteiger partial charge in [-0.2, -0.15) is 0 Å². The lowest BCUT2D eigenvalue weighted by Gasteiger charge is -2.22. The van der Waals surface area contributed by atoms with Crippen LogP contribution in [0.1, 0.15) is 6.42 Å². The second kappa shape index (κ2) is 7.70. The SMILES string of the molecule is CN(CC(=O)Nc1cccc(Cl)c1)C1CCNC1.Cl. The van der Waals surface area contributed by atoms with E-state index in [9.17, 15) is 4.79 Å². The number of benzene rings is 1. The molecule has 1 aliphatic rings. The van der Waals surface area contributed by atoms with E-state index in [0.29, 0.717) is 17.6 Å². The van der Waals surface area contributed by atoms with E-state index in [4.69, 9.17) is 11.6 Å². The highest BCUT2D eigenvalue weighted by atomic mass is 35.5. The smallest absolute Gasteiger partial charge is 0.238 e. The molecule has 0 saturated carbocycles. The van der Waals surface area contributed by atoms with Gasteiger partial charge in [0.2, 0.25) is 5.91 Å². The number of likely N-dealkylation sites (N-methyl/N-ethyl adjacent to an activating group) is 1. The highest BCUT2D eigenvalue weighted by Gasteiger charge is 2.20. The molecule has 2 N–H and O–H groups in total. The second-order valence-corrected chi connectivity index (χ2v) is 5.06. The molecule has 0 aliphatic carbocycles. The standard InChI is InChI=1S/C13H18ClN3O.ClH/c1-17(12-5-6-15-8-12)9-13(18)16-11-4-2-3-10(14)7-11;/h2-4,7,12,15H,5-6,8-9H2,1H3,(H,16,18);1H. The Balaban J connectivity index is 0.00000180. The predicted octanol–water partition coefficient (Wildman–Crippen LogP) is 1.99. The van der Waals surface area contributed by atoms with E-state index < -0.39 is 0 Å². The van der Waals surface area contributed by atoms with Crippen LogP contribution in [0.15, 0.2) is 24.3 Å². The normalized spacial score (nSPS) is 18.2. The lowest BCUT2D eigenvalue weighted by Crippen LogP contribution is -2.39. The van der Waals surface area contributed by atoms with Crippen molar-refractivity contribution in [3.8, 4) is 0 Å². The van der Waals surface area contributed by atoms with Crippen LogP contribution < -0.4 is 10.6 Å². The van der Waals surface area contributed by atoms with Gasteiger partial charge in [-0.3, -0.25) is 9.69 Å². The molecule has 0 spiro atoms. The Hall–Kier alpha value is -0.810. The third-order valence-corrected chi connectivity index (χ3v) is 3.39. The van der Waals surface area contributed by atoms with Crippen LogP contribution >= 0.6 is 24.0 Å². The maximum absolute atomic E-state index is 11.9. The Bertz CT molecular complexity index is 422. The molecule has 4 nitrogen and oxygen atoms in total. The summed E-state index contributed by atoms with van der Waals surface area (Å²) < 4.78 is 0. The molecule has 0 bridgehead atoms. The molecule has 19 heavy (non-hydrogen) atoms. The summed E-state index contributed by atoms with van der Waals surface area (Å²) in [6.07, 6.45) is 1.10. The number of carbonyl (C=O) groups excluding carboxylic acids is 1. The van der Waals surface area contributed by atoms with Gasteiger partial charge in [0.1, 0.15) is 0 Å². The summed E-state index contributed by atoms with van der Waals surface area (Å²) in [6.45, 7) is 2.39. The minimum atomic E-state index is -0.00772. The molecule has 1 aromatic rings. The quantitative estimate of drug-likeness (QED) is 0.894. The second-order valence-electron chi connectivity index (χ2n) is 4.62. The van der Waals surface area contributed by atoms with Crippen LogP contribution in [0.2, 0.25) is 5.02 Å². The van der Waals surface area contributed by atoms with Gasteiger partial charge in [0, 0.05) is 23.3 Å². The van der Waals surface area contributed by atoms with Gasteiger partial charge >= 0.3 is 0 Å². The van der Waals surface area contributed by atoms with E-state index in [1.54, 1.807) is 12.1 Å². The number of nitrogens with zero attached hydrogens (tertiary/aromatic N) is 1. The third-order valence-electron chi connectivity index (χ3n) is 3.16. The first-order valence-electron chi connectivity index (χ1n) is 6.11. The molecular weight excluding hydrogens is 285 g/mol. The number of anilines is 1. The number of carbonyl (C=O) groups is 1. The van der Waals surface area contributed by atoms with Crippen LogP contribution in [0.25, 0.3) is 0 Å². The Kier molecular flexibility index (Phi) is 6.58. The van der Waals surface area contributed by atoms with Crippen molar-refractivity contribution < 1.29 is 4.79 Å². The number of hydrogen-bond donors (Lipinski definition) is 2.